The molecule has 0 bridgehead atoms. The van der Waals surface area contributed by atoms with Crippen LogP contribution >= 0.6 is 0 Å². The van der Waals surface area contributed by atoms with Gasteiger partial charge in [-0.05, 0) is 43.2 Å². The van der Waals surface area contributed by atoms with Crippen molar-refractivity contribution in [2.75, 3.05) is 22.1 Å². The third-order valence-electron chi connectivity index (χ3n) is 6.10. The van der Waals surface area contributed by atoms with Crippen molar-refractivity contribution in [3.05, 3.63) is 83.1 Å². The molecule has 3 aromatic rings. The van der Waals surface area contributed by atoms with E-state index in [1.807, 2.05) is 0 Å². The molecule has 1 unspecified atom stereocenters. The van der Waals surface area contributed by atoms with E-state index in [2.05, 4.69) is 15.6 Å². The summed E-state index contributed by atoms with van der Waals surface area (Å²) in [4.78, 5) is 54.3. The number of carboxylic acid groups (broad SMARTS) is 1. The maximum atomic E-state index is 13.7. The fourth-order valence-corrected chi connectivity index (χ4v) is 4.00. The number of anilines is 3. The second-order valence-corrected chi connectivity index (χ2v) is 8.93. The maximum absolute atomic E-state index is 13.7. The molecule has 1 aromatic heterocycles. The van der Waals surface area contributed by atoms with Crippen molar-refractivity contribution in [1.29, 1.82) is 5.41 Å². The Morgan fingerprint density at radius 1 is 1.00 bits per heavy atom. The summed E-state index contributed by atoms with van der Waals surface area (Å²) in [6.07, 6.45) is 1.53. The van der Waals surface area contributed by atoms with Crippen LogP contribution in [0.4, 0.5) is 30.8 Å². The summed E-state index contributed by atoms with van der Waals surface area (Å²) in [5, 5.41) is 22.4. The molecule has 0 saturated carbocycles. The van der Waals surface area contributed by atoms with Gasteiger partial charge in [0.1, 0.15) is 17.5 Å². The summed E-state index contributed by atoms with van der Waals surface area (Å²) in [7, 11) is 0. The van der Waals surface area contributed by atoms with E-state index in [-0.39, 0.29) is 47.7 Å². The van der Waals surface area contributed by atoms with Crippen molar-refractivity contribution < 1.29 is 33.1 Å². The Labute approximate surface area is 233 Å². The highest BCUT2D eigenvalue weighted by atomic mass is 19.1. The monoisotopic (exact) mass is 566 g/mol. The molecule has 0 saturated heterocycles. The topological polar surface area (TPSA) is 179 Å². The summed E-state index contributed by atoms with van der Waals surface area (Å²) < 4.78 is 27.4. The van der Waals surface area contributed by atoms with Crippen LogP contribution in [0.2, 0.25) is 0 Å². The minimum absolute atomic E-state index is 0.0239. The molecule has 41 heavy (non-hydrogen) atoms. The molecule has 2 aromatic carbocycles. The zero-order chi connectivity index (χ0) is 30.3. The van der Waals surface area contributed by atoms with Crippen LogP contribution in [-0.4, -0.2) is 46.2 Å². The van der Waals surface area contributed by atoms with Crippen molar-refractivity contribution in [2.24, 2.45) is 11.7 Å². The van der Waals surface area contributed by atoms with Crippen molar-refractivity contribution in [2.45, 2.75) is 26.7 Å². The Hall–Kier alpha value is -5.20. The van der Waals surface area contributed by atoms with Gasteiger partial charge < -0.3 is 26.9 Å². The Morgan fingerprint density at radius 3 is 2.17 bits per heavy atom. The summed E-state index contributed by atoms with van der Waals surface area (Å²) >= 11 is 0. The van der Waals surface area contributed by atoms with Gasteiger partial charge in [0.05, 0.1) is 17.2 Å². The van der Waals surface area contributed by atoms with Gasteiger partial charge in [-0.25, -0.2) is 18.6 Å². The highest BCUT2D eigenvalue weighted by molar-refractivity contribution is 6.13. The molecule has 0 aliphatic heterocycles. The molecule has 4 amide bonds. The van der Waals surface area contributed by atoms with Gasteiger partial charge in [-0.2, -0.15) is 0 Å². The number of nitrogens with zero attached hydrogens (tertiary/aromatic N) is 2. The number of nitrogens with one attached hydrogen (secondary N) is 3. The number of pyridine rings is 1. The van der Waals surface area contributed by atoms with Gasteiger partial charge in [-0.15, -0.1) is 0 Å². The minimum atomic E-state index is -1.07. The van der Waals surface area contributed by atoms with Crippen LogP contribution in [0, 0.1) is 23.0 Å². The van der Waals surface area contributed by atoms with E-state index < -0.39 is 41.4 Å². The first-order valence-electron chi connectivity index (χ1n) is 12.5. The van der Waals surface area contributed by atoms with Crippen LogP contribution < -0.4 is 21.3 Å². The minimum Gasteiger partial charge on any atom is -0.481 e. The number of hydrogen-bond acceptors (Lipinski definition) is 6. The number of hydrogen-bond donors (Lipinski definition) is 5. The standard InChI is InChI=1S/C28H28F2N6O5/c1-3-20(27(39)40)22(31)9-15-5-7-19(8-6-15)34-26(38)21-14-33-24(36(4-2)28(32)41)13-23(21)35-25(37)16-10-17(29)12-18(30)11-16/h5-8,10-14,20,31H,3-4,9H2,1-2H3,(H2,32,41)(H,34,38)(H,39,40)(H,33,35,37). The van der Waals surface area contributed by atoms with E-state index in [1.165, 1.54) is 6.07 Å². The Bertz CT molecular complexity index is 1480. The van der Waals surface area contributed by atoms with E-state index in [4.69, 9.17) is 11.1 Å². The number of rotatable bonds is 11. The molecular weight excluding hydrogens is 538 g/mol. The van der Waals surface area contributed by atoms with E-state index >= 15 is 0 Å². The lowest BCUT2D eigenvalue weighted by Crippen LogP contribution is -2.36. The van der Waals surface area contributed by atoms with Crippen LogP contribution in [0.5, 0.6) is 0 Å². The van der Waals surface area contributed by atoms with E-state index in [0.29, 0.717) is 17.3 Å². The molecule has 0 fully saturated rings. The van der Waals surface area contributed by atoms with E-state index in [0.717, 1.165) is 23.2 Å². The number of urea groups is 1. The lowest BCUT2D eigenvalue weighted by molar-refractivity contribution is -0.139. The van der Waals surface area contributed by atoms with Gasteiger partial charge in [-0.1, -0.05) is 19.1 Å². The molecule has 13 heteroatoms. The number of aliphatic carboxylic acids is 1. The lowest BCUT2D eigenvalue weighted by atomic mass is 9.95. The van der Waals surface area contributed by atoms with Gasteiger partial charge in [0.2, 0.25) is 0 Å². The smallest absolute Gasteiger partial charge is 0.320 e. The van der Waals surface area contributed by atoms with Crippen molar-refractivity contribution in [3.8, 4) is 0 Å². The number of amides is 4. The molecule has 6 N–H and O–H groups in total. The number of benzene rings is 2. The van der Waals surface area contributed by atoms with Gasteiger partial charge in [0.15, 0.2) is 0 Å². The van der Waals surface area contributed by atoms with E-state index in [1.54, 1.807) is 38.1 Å². The average molecular weight is 567 g/mol. The number of carbonyl (C=O) groups excluding carboxylic acids is 3. The molecule has 0 aliphatic carbocycles. The summed E-state index contributed by atoms with van der Waals surface area (Å²) in [6.45, 7) is 3.45. The SMILES string of the molecule is CCC(C(=N)Cc1ccc(NC(=O)c2cnc(N(CC)C(N)=O)cc2NC(=O)c2cc(F)cc(F)c2)cc1)C(=O)O. The Balaban J connectivity index is 1.87. The average Bonchev–Trinajstić information content (AvgIpc) is 2.89. The highest BCUT2D eigenvalue weighted by Crippen LogP contribution is 2.24. The van der Waals surface area contributed by atoms with Gasteiger partial charge in [-0.3, -0.25) is 19.3 Å². The molecule has 11 nitrogen and oxygen atoms in total. The fourth-order valence-electron chi connectivity index (χ4n) is 4.00. The number of carboxylic acids is 1. The number of halogens is 2. The van der Waals surface area contributed by atoms with Crippen LogP contribution in [0.15, 0.2) is 54.7 Å². The lowest BCUT2D eigenvalue weighted by Gasteiger charge is -2.19. The first kappa shape index (κ1) is 30.3. The first-order chi connectivity index (χ1) is 19.4. The van der Waals surface area contributed by atoms with Crippen molar-refractivity contribution in [3.63, 3.8) is 0 Å². The Morgan fingerprint density at radius 2 is 1.63 bits per heavy atom. The normalized spacial score (nSPS) is 11.3. The number of carbonyl (C=O) groups is 4. The third-order valence-corrected chi connectivity index (χ3v) is 6.10. The summed E-state index contributed by atoms with van der Waals surface area (Å²) in [5.74, 6) is -5.50. The van der Waals surface area contributed by atoms with Crippen molar-refractivity contribution >= 4 is 46.7 Å². The second-order valence-electron chi connectivity index (χ2n) is 8.93. The predicted octanol–water partition coefficient (Wildman–Crippen LogP) is 4.44. The molecule has 214 valence electrons. The molecular formula is C28H28F2N6O5. The molecule has 0 radical (unpaired) electrons. The van der Waals surface area contributed by atoms with Crippen LogP contribution in [0.1, 0.15) is 46.5 Å². The number of aromatic nitrogens is 1. The largest absolute Gasteiger partial charge is 0.481 e. The van der Waals surface area contributed by atoms with Crippen LogP contribution in [0.3, 0.4) is 0 Å². The number of nitrogens with two attached hydrogens (primary N) is 1. The van der Waals surface area contributed by atoms with Crippen LogP contribution in [-0.2, 0) is 11.2 Å². The fraction of sp³-hybridized carbons (Fsp3) is 0.214. The van der Waals surface area contributed by atoms with Gasteiger partial charge >= 0.3 is 12.0 Å². The number of primary amides is 1. The first-order valence-corrected chi connectivity index (χ1v) is 12.5. The molecule has 3 rings (SSSR count). The maximum Gasteiger partial charge on any atom is 0.320 e. The van der Waals surface area contributed by atoms with Crippen molar-refractivity contribution in [1.82, 2.24) is 4.98 Å². The third kappa shape index (κ3) is 7.68. The second kappa shape index (κ2) is 13.2. The molecule has 1 atom stereocenters. The van der Waals surface area contributed by atoms with Crippen LogP contribution in [0.25, 0.3) is 0 Å². The summed E-state index contributed by atoms with van der Waals surface area (Å²) in [5.41, 5.74) is 5.88. The zero-order valence-corrected chi connectivity index (χ0v) is 22.2. The zero-order valence-electron chi connectivity index (χ0n) is 22.2. The quantitative estimate of drug-likeness (QED) is 0.214. The van der Waals surface area contributed by atoms with Gasteiger partial charge in [0, 0.05) is 48.3 Å². The molecule has 1 heterocycles. The van der Waals surface area contributed by atoms with E-state index in [9.17, 15) is 33.1 Å². The predicted molar refractivity (Wildman–Crippen MR) is 148 cm³/mol. The molecule has 0 spiro atoms. The molecule has 0 aliphatic rings. The Kier molecular flexibility index (Phi) is 9.80. The summed E-state index contributed by atoms with van der Waals surface area (Å²) in [6, 6.07) is 9.04. The van der Waals surface area contributed by atoms with Gasteiger partial charge in [0.25, 0.3) is 11.8 Å². The highest BCUT2D eigenvalue weighted by Gasteiger charge is 2.22.